The quantitative estimate of drug-likeness (QED) is 0.871. The molecule has 0 aliphatic heterocycles. The molecule has 1 aromatic carbocycles. The second kappa shape index (κ2) is 5.16. The Hall–Kier alpha value is -1.02. The number of benzene rings is 1. The largest absolute Gasteiger partial charge is 0.497 e. The molecule has 1 aliphatic carbocycles. The first-order valence-electron chi connectivity index (χ1n) is 7.25. The molecule has 2 rings (SSSR count). The van der Waals surface area contributed by atoms with E-state index in [9.17, 15) is 0 Å². The number of methoxy groups -OCH3 is 1. The predicted molar refractivity (Wildman–Crippen MR) is 80.8 cm³/mol. The van der Waals surface area contributed by atoms with Crippen molar-refractivity contribution < 1.29 is 4.74 Å². The van der Waals surface area contributed by atoms with Crippen LogP contribution in [0.5, 0.6) is 5.75 Å². The molecule has 0 spiro atoms. The Balaban J connectivity index is 2.17. The minimum atomic E-state index is 0.306. The maximum Gasteiger partial charge on any atom is 0.118 e. The summed E-state index contributed by atoms with van der Waals surface area (Å²) in [4.78, 5) is 0. The Morgan fingerprint density at radius 2 is 1.74 bits per heavy atom. The molecule has 1 saturated carbocycles. The van der Waals surface area contributed by atoms with E-state index in [1.807, 2.05) is 0 Å². The van der Waals surface area contributed by atoms with E-state index in [4.69, 9.17) is 4.74 Å². The smallest absolute Gasteiger partial charge is 0.118 e. The van der Waals surface area contributed by atoms with Gasteiger partial charge in [0.05, 0.1) is 7.11 Å². The summed E-state index contributed by atoms with van der Waals surface area (Å²) >= 11 is 0. The van der Waals surface area contributed by atoms with Gasteiger partial charge < -0.3 is 10.1 Å². The van der Waals surface area contributed by atoms with E-state index >= 15 is 0 Å². The molecule has 0 amide bonds. The highest BCUT2D eigenvalue weighted by molar-refractivity contribution is 5.35. The minimum absolute atomic E-state index is 0.306. The third-order valence-corrected chi connectivity index (χ3v) is 4.18. The maximum atomic E-state index is 5.26. The zero-order valence-electron chi connectivity index (χ0n) is 12.9. The highest BCUT2D eigenvalue weighted by Crippen LogP contribution is 2.55. The lowest BCUT2D eigenvalue weighted by Crippen LogP contribution is -2.53. The fourth-order valence-corrected chi connectivity index (χ4v) is 3.56. The van der Waals surface area contributed by atoms with E-state index in [1.165, 1.54) is 18.4 Å². The van der Waals surface area contributed by atoms with Gasteiger partial charge in [0, 0.05) is 18.0 Å². The summed E-state index contributed by atoms with van der Waals surface area (Å²) in [6.45, 7) is 10.2. The van der Waals surface area contributed by atoms with E-state index in [0.717, 1.165) is 12.3 Å². The molecule has 1 fully saturated rings. The monoisotopic (exact) mass is 261 g/mol. The van der Waals surface area contributed by atoms with Gasteiger partial charge in [0.1, 0.15) is 5.75 Å². The summed E-state index contributed by atoms with van der Waals surface area (Å²) < 4.78 is 5.26. The van der Waals surface area contributed by atoms with Crippen LogP contribution in [0.3, 0.4) is 0 Å². The first-order valence-corrected chi connectivity index (χ1v) is 7.25. The molecule has 0 atom stereocenters. The summed E-state index contributed by atoms with van der Waals surface area (Å²) in [6.07, 6.45) is 2.51. The molecule has 0 heterocycles. The lowest BCUT2D eigenvalue weighted by Gasteiger charge is -2.54. The summed E-state index contributed by atoms with van der Waals surface area (Å²) in [5, 5.41) is 3.62. The van der Waals surface area contributed by atoms with Crippen LogP contribution in [0, 0.1) is 5.41 Å². The zero-order valence-corrected chi connectivity index (χ0v) is 12.9. The van der Waals surface area contributed by atoms with Gasteiger partial charge in [-0.2, -0.15) is 0 Å². The Kier molecular flexibility index (Phi) is 3.91. The number of nitrogens with one attached hydrogen (secondary N) is 1. The van der Waals surface area contributed by atoms with E-state index in [1.54, 1.807) is 7.11 Å². The Labute approximate surface area is 117 Å². The van der Waals surface area contributed by atoms with Gasteiger partial charge in [-0.1, -0.05) is 39.8 Å². The third kappa shape index (κ3) is 3.11. The van der Waals surface area contributed by atoms with Crippen molar-refractivity contribution in [1.29, 1.82) is 0 Å². The average Bonchev–Trinajstić information content (AvgIpc) is 2.33. The van der Waals surface area contributed by atoms with Crippen LogP contribution in [0.4, 0.5) is 0 Å². The summed E-state index contributed by atoms with van der Waals surface area (Å²) in [5.74, 6) is 0.939. The molecule has 1 aromatic rings. The van der Waals surface area contributed by atoms with Crippen molar-refractivity contribution in [2.24, 2.45) is 5.41 Å². The molecule has 2 heteroatoms. The molecule has 0 saturated heterocycles. The molecule has 1 N–H and O–H groups in total. The van der Waals surface area contributed by atoms with Crippen LogP contribution >= 0.6 is 0 Å². The van der Waals surface area contributed by atoms with Crippen molar-refractivity contribution in [3.8, 4) is 5.75 Å². The maximum absolute atomic E-state index is 5.26. The van der Waals surface area contributed by atoms with Gasteiger partial charge in [-0.15, -0.1) is 0 Å². The van der Waals surface area contributed by atoms with Crippen molar-refractivity contribution in [1.82, 2.24) is 5.32 Å². The van der Waals surface area contributed by atoms with Crippen molar-refractivity contribution >= 4 is 0 Å². The number of rotatable bonds is 5. The number of hydrogen-bond acceptors (Lipinski definition) is 2. The van der Waals surface area contributed by atoms with Crippen molar-refractivity contribution in [3.63, 3.8) is 0 Å². The second-order valence-corrected chi connectivity index (χ2v) is 7.06. The SMILES string of the molecule is COc1ccc(C2(CNC(C)C)CC(C)(C)C2)cc1. The lowest BCUT2D eigenvalue weighted by atomic mass is 9.52. The van der Waals surface area contributed by atoms with Crippen molar-refractivity contribution in [2.75, 3.05) is 13.7 Å². The first kappa shape index (κ1) is 14.4. The summed E-state index contributed by atoms with van der Waals surface area (Å²) in [6, 6.07) is 9.17. The van der Waals surface area contributed by atoms with Crippen LogP contribution in [-0.4, -0.2) is 19.7 Å². The van der Waals surface area contributed by atoms with Gasteiger partial charge in [-0.3, -0.25) is 0 Å². The van der Waals surface area contributed by atoms with E-state index < -0.39 is 0 Å². The molecule has 0 bridgehead atoms. The van der Waals surface area contributed by atoms with E-state index in [0.29, 0.717) is 16.9 Å². The van der Waals surface area contributed by atoms with Gasteiger partial charge in [-0.05, 0) is 36.0 Å². The van der Waals surface area contributed by atoms with Crippen LogP contribution in [0.25, 0.3) is 0 Å². The standard InChI is InChI=1S/C17H27NO/c1-13(2)18-12-17(10-16(3,4)11-17)14-6-8-15(19-5)9-7-14/h6-9,13,18H,10-12H2,1-5H3. The lowest BCUT2D eigenvalue weighted by molar-refractivity contribution is 0.0547. The number of ether oxygens (including phenoxy) is 1. The third-order valence-electron chi connectivity index (χ3n) is 4.18. The fraction of sp³-hybridized carbons (Fsp3) is 0.647. The molecule has 0 unspecified atom stereocenters. The van der Waals surface area contributed by atoms with Gasteiger partial charge in [0.25, 0.3) is 0 Å². The van der Waals surface area contributed by atoms with Crippen LogP contribution in [0.2, 0.25) is 0 Å². The molecule has 106 valence electrons. The molecule has 0 radical (unpaired) electrons. The van der Waals surface area contributed by atoms with Gasteiger partial charge in [0.15, 0.2) is 0 Å². The van der Waals surface area contributed by atoms with Crippen molar-refractivity contribution in [3.05, 3.63) is 29.8 Å². The molecular formula is C17H27NO. The Morgan fingerprint density at radius 1 is 1.16 bits per heavy atom. The van der Waals surface area contributed by atoms with Crippen molar-refractivity contribution in [2.45, 2.75) is 52.0 Å². The van der Waals surface area contributed by atoms with E-state index in [-0.39, 0.29) is 0 Å². The predicted octanol–water partition coefficient (Wildman–Crippen LogP) is 3.75. The highest BCUT2D eigenvalue weighted by Gasteiger charge is 2.49. The van der Waals surface area contributed by atoms with E-state index in [2.05, 4.69) is 57.3 Å². The van der Waals surface area contributed by atoms with Crippen LogP contribution in [0.1, 0.15) is 46.1 Å². The normalized spacial score (nSPS) is 20.1. The summed E-state index contributed by atoms with van der Waals surface area (Å²) in [7, 11) is 1.72. The topological polar surface area (TPSA) is 21.3 Å². The summed E-state index contributed by atoms with van der Waals surface area (Å²) in [5.41, 5.74) is 2.22. The van der Waals surface area contributed by atoms with Crippen LogP contribution < -0.4 is 10.1 Å². The van der Waals surface area contributed by atoms with Gasteiger partial charge in [0.2, 0.25) is 0 Å². The fourth-order valence-electron chi connectivity index (χ4n) is 3.56. The van der Waals surface area contributed by atoms with Crippen LogP contribution in [-0.2, 0) is 5.41 Å². The molecule has 1 aliphatic rings. The average molecular weight is 261 g/mol. The second-order valence-electron chi connectivity index (χ2n) is 7.06. The molecule has 19 heavy (non-hydrogen) atoms. The minimum Gasteiger partial charge on any atom is -0.497 e. The van der Waals surface area contributed by atoms with Crippen LogP contribution in [0.15, 0.2) is 24.3 Å². The molecular weight excluding hydrogens is 234 g/mol. The Morgan fingerprint density at radius 3 is 2.16 bits per heavy atom. The molecule has 0 aromatic heterocycles. The zero-order chi connectivity index (χ0) is 14.1. The Bertz CT molecular complexity index is 411. The van der Waals surface area contributed by atoms with Gasteiger partial charge in [-0.25, -0.2) is 0 Å². The highest BCUT2D eigenvalue weighted by atomic mass is 16.5. The van der Waals surface area contributed by atoms with Gasteiger partial charge >= 0.3 is 0 Å². The first-order chi connectivity index (χ1) is 8.87. The number of hydrogen-bond donors (Lipinski definition) is 1. The molecule has 2 nitrogen and oxygen atoms in total.